The second kappa shape index (κ2) is 8.18. The minimum Gasteiger partial charge on any atom is -0.369 e. The lowest BCUT2D eigenvalue weighted by Gasteiger charge is -2.13. The summed E-state index contributed by atoms with van der Waals surface area (Å²) in [6.07, 6.45) is 0.834. The number of amides is 2. The lowest BCUT2D eigenvalue weighted by molar-refractivity contribution is -0.115. The van der Waals surface area contributed by atoms with E-state index in [1.54, 1.807) is 6.07 Å². The number of benzene rings is 1. The van der Waals surface area contributed by atoms with E-state index in [2.05, 4.69) is 20.8 Å². The zero-order chi connectivity index (χ0) is 16.2. The fraction of sp³-hybridized carbons (Fsp3) is 0.267. The first-order chi connectivity index (χ1) is 11.1. The number of fused-ring (bicyclic) bond motifs is 1. The van der Waals surface area contributed by atoms with Gasteiger partial charge < -0.3 is 16.4 Å². The van der Waals surface area contributed by atoms with Gasteiger partial charge in [-0.25, -0.2) is 0 Å². The molecular weight excluding hydrogens is 350 g/mol. The highest BCUT2D eigenvalue weighted by molar-refractivity contribution is 8.00. The van der Waals surface area contributed by atoms with Crippen LogP contribution in [0.5, 0.6) is 0 Å². The van der Waals surface area contributed by atoms with Gasteiger partial charge in [-0.1, -0.05) is 12.1 Å². The van der Waals surface area contributed by atoms with Gasteiger partial charge in [0.1, 0.15) is 0 Å². The van der Waals surface area contributed by atoms with Crippen molar-refractivity contribution in [2.75, 3.05) is 17.6 Å². The van der Waals surface area contributed by atoms with Gasteiger partial charge in [-0.15, -0.1) is 24.2 Å². The summed E-state index contributed by atoms with van der Waals surface area (Å²) in [5.41, 5.74) is 8.14. The molecule has 0 atom stereocenters. The van der Waals surface area contributed by atoms with Crippen molar-refractivity contribution in [2.45, 2.75) is 17.9 Å². The Kier molecular flexibility index (Phi) is 6.24. The number of carbonyl (C=O) groups is 2. The number of hydrogen-bond acceptors (Lipinski definition) is 5. The Balaban J connectivity index is 0.00000208. The van der Waals surface area contributed by atoms with Crippen LogP contribution in [0, 0.1) is 0 Å². The van der Waals surface area contributed by atoms with Gasteiger partial charge in [0.05, 0.1) is 11.4 Å². The number of nitrogens with two attached hydrogens (primary N) is 1. The standard InChI is InChI=1S/C15H17N5O2S.ClH/c16-13(21)8-23-12-4-2-1-3-11(12)18-15(22)14-9-7-17-6-5-10(9)19-20-14;/h1-4,17H,5-8H2,(H2,16,21)(H,18,22)(H,19,20);1H. The van der Waals surface area contributed by atoms with E-state index < -0.39 is 5.91 Å². The monoisotopic (exact) mass is 367 g/mol. The number of aromatic nitrogens is 2. The van der Waals surface area contributed by atoms with E-state index in [0.29, 0.717) is 17.9 Å². The molecule has 1 aromatic carbocycles. The van der Waals surface area contributed by atoms with Gasteiger partial charge in [-0.05, 0) is 12.1 Å². The number of para-hydroxylation sites is 1. The molecule has 2 heterocycles. The normalized spacial score (nSPS) is 12.8. The number of nitrogens with zero attached hydrogens (tertiary/aromatic N) is 1. The van der Waals surface area contributed by atoms with E-state index >= 15 is 0 Å². The van der Waals surface area contributed by atoms with E-state index in [-0.39, 0.29) is 24.1 Å². The molecule has 3 rings (SSSR count). The van der Waals surface area contributed by atoms with Crippen molar-refractivity contribution in [1.29, 1.82) is 0 Å². The smallest absolute Gasteiger partial charge is 0.276 e. The van der Waals surface area contributed by atoms with E-state index in [1.165, 1.54) is 11.8 Å². The Bertz CT molecular complexity index is 749. The molecule has 0 radical (unpaired) electrons. The van der Waals surface area contributed by atoms with E-state index in [0.717, 1.165) is 29.1 Å². The molecule has 2 amide bonds. The molecule has 24 heavy (non-hydrogen) atoms. The maximum absolute atomic E-state index is 12.5. The second-order valence-corrected chi connectivity index (χ2v) is 6.18. The summed E-state index contributed by atoms with van der Waals surface area (Å²) in [5.74, 6) is -0.504. The minimum absolute atomic E-state index is 0. The fourth-order valence-corrected chi connectivity index (χ4v) is 3.19. The van der Waals surface area contributed by atoms with Crippen molar-refractivity contribution in [2.24, 2.45) is 5.73 Å². The van der Waals surface area contributed by atoms with E-state index in [9.17, 15) is 9.59 Å². The Labute approximate surface area is 149 Å². The Morgan fingerprint density at radius 2 is 2.12 bits per heavy atom. The van der Waals surface area contributed by atoms with Crippen LogP contribution in [-0.4, -0.2) is 34.3 Å². The summed E-state index contributed by atoms with van der Waals surface area (Å²) >= 11 is 1.29. The number of rotatable bonds is 5. The van der Waals surface area contributed by atoms with Crippen molar-refractivity contribution in [3.8, 4) is 0 Å². The van der Waals surface area contributed by atoms with Crippen molar-refractivity contribution < 1.29 is 9.59 Å². The number of primary amides is 1. The zero-order valence-electron chi connectivity index (χ0n) is 12.8. The topological polar surface area (TPSA) is 113 Å². The molecule has 7 nitrogen and oxygen atoms in total. The van der Waals surface area contributed by atoms with Crippen LogP contribution in [0.15, 0.2) is 29.2 Å². The third-order valence-electron chi connectivity index (χ3n) is 3.53. The van der Waals surface area contributed by atoms with Crippen LogP contribution in [0.3, 0.4) is 0 Å². The van der Waals surface area contributed by atoms with Crippen LogP contribution in [0.2, 0.25) is 0 Å². The summed E-state index contributed by atoms with van der Waals surface area (Å²) in [6.45, 7) is 1.51. The number of halogens is 1. The molecule has 5 N–H and O–H groups in total. The fourth-order valence-electron chi connectivity index (χ4n) is 2.44. The van der Waals surface area contributed by atoms with Crippen LogP contribution in [0.25, 0.3) is 0 Å². The highest BCUT2D eigenvalue weighted by Crippen LogP contribution is 2.27. The zero-order valence-corrected chi connectivity index (χ0v) is 14.4. The first-order valence-corrected chi connectivity index (χ1v) is 8.22. The number of carbonyl (C=O) groups excluding carboxylic acids is 2. The largest absolute Gasteiger partial charge is 0.369 e. The van der Waals surface area contributed by atoms with E-state index in [4.69, 9.17) is 5.73 Å². The van der Waals surface area contributed by atoms with Gasteiger partial charge in [0, 0.05) is 35.7 Å². The highest BCUT2D eigenvalue weighted by Gasteiger charge is 2.22. The first-order valence-electron chi connectivity index (χ1n) is 7.23. The number of nitrogens with one attached hydrogen (secondary N) is 3. The molecular formula is C15H18ClN5O2S. The van der Waals surface area contributed by atoms with Gasteiger partial charge >= 0.3 is 0 Å². The molecule has 1 aliphatic heterocycles. The number of hydrogen-bond donors (Lipinski definition) is 4. The van der Waals surface area contributed by atoms with Crippen molar-refractivity contribution in [3.63, 3.8) is 0 Å². The highest BCUT2D eigenvalue weighted by atomic mass is 35.5. The molecule has 0 unspecified atom stereocenters. The van der Waals surface area contributed by atoms with Gasteiger partial charge in [-0.3, -0.25) is 14.7 Å². The first kappa shape index (κ1) is 18.3. The van der Waals surface area contributed by atoms with Crippen molar-refractivity contribution in [1.82, 2.24) is 15.5 Å². The molecule has 128 valence electrons. The lowest BCUT2D eigenvalue weighted by atomic mass is 10.1. The Hall–Kier alpha value is -2.03. The second-order valence-electron chi connectivity index (χ2n) is 5.16. The molecule has 0 spiro atoms. The summed E-state index contributed by atoms with van der Waals surface area (Å²) in [7, 11) is 0. The third kappa shape index (κ3) is 4.08. The molecule has 0 saturated carbocycles. The Morgan fingerprint density at radius 3 is 2.92 bits per heavy atom. The van der Waals surface area contributed by atoms with Gasteiger partial charge in [-0.2, -0.15) is 5.10 Å². The summed E-state index contributed by atoms with van der Waals surface area (Å²) in [4.78, 5) is 24.3. The van der Waals surface area contributed by atoms with Crippen LogP contribution < -0.4 is 16.4 Å². The molecule has 0 bridgehead atoms. The van der Waals surface area contributed by atoms with Crippen LogP contribution in [0.1, 0.15) is 21.7 Å². The molecule has 9 heteroatoms. The SMILES string of the molecule is Cl.NC(=O)CSc1ccccc1NC(=O)c1n[nH]c2c1CNCC2. The summed E-state index contributed by atoms with van der Waals surface area (Å²) in [6, 6.07) is 7.30. The number of H-pyrrole nitrogens is 1. The van der Waals surface area contributed by atoms with Crippen LogP contribution in [0.4, 0.5) is 5.69 Å². The average Bonchev–Trinajstić information content (AvgIpc) is 2.98. The van der Waals surface area contributed by atoms with Gasteiger partial charge in [0.2, 0.25) is 5.91 Å². The molecule has 1 aliphatic rings. The quantitative estimate of drug-likeness (QED) is 0.595. The van der Waals surface area contributed by atoms with E-state index in [1.807, 2.05) is 18.2 Å². The van der Waals surface area contributed by atoms with Gasteiger partial charge in [0.15, 0.2) is 5.69 Å². The number of anilines is 1. The number of aromatic amines is 1. The summed E-state index contributed by atoms with van der Waals surface area (Å²) < 4.78 is 0. The predicted octanol–water partition coefficient (Wildman–Crippen LogP) is 1.31. The Morgan fingerprint density at radius 1 is 1.33 bits per heavy atom. The van der Waals surface area contributed by atoms with Crippen LogP contribution in [-0.2, 0) is 17.8 Å². The molecule has 0 aliphatic carbocycles. The molecule has 0 fully saturated rings. The van der Waals surface area contributed by atoms with Crippen LogP contribution >= 0.6 is 24.2 Å². The predicted molar refractivity (Wildman–Crippen MR) is 95.6 cm³/mol. The summed E-state index contributed by atoms with van der Waals surface area (Å²) in [5, 5.41) is 13.2. The average molecular weight is 368 g/mol. The third-order valence-corrected chi connectivity index (χ3v) is 4.62. The molecule has 1 aromatic heterocycles. The van der Waals surface area contributed by atoms with Crippen molar-refractivity contribution in [3.05, 3.63) is 41.2 Å². The lowest BCUT2D eigenvalue weighted by Crippen LogP contribution is -2.25. The van der Waals surface area contributed by atoms with Crippen molar-refractivity contribution >= 4 is 41.7 Å². The van der Waals surface area contributed by atoms with Gasteiger partial charge in [0.25, 0.3) is 5.91 Å². The molecule has 0 saturated heterocycles. The maximum Gasteiger partial charge on any atom is 0.276 e. The maximum atomic E-state index is 12.5. The molecule has 2 aromatic rings. The minimum atomic E-state index is -0.399. The number of thioether (sulfide) groups is 1.